The minimum absolute atomic E-state index is 0.0389. The summed E-state index contributed by atoms with van der Waals surface area (Å²) in [5.74, 6) is -0.306. The number of carboxylic acid groups (broad SMARTS) is 1. The van der Waals surface area contributed by atoms with Gasteiger partial charge in [-0.05, 0) is 36.6 Å². The van der Waals surface area contributed by atoms with E-state index < -0.39 is 5.97 Å². The van der Waals surface area contributed by atoms with Gasteiger partial charge in [0.15, 0.2) is 5.69 Å². The number of aryl methyl sites for hydroxylation is 1. The van der Waals surface area contributed by atoms with E-state index in [4.69, 9.17) is 9.84 Å². The monoisotopic (exact) mass is 285 g/mol. The van der Waals surface area contributed by atoms with E-state index in [0.717, 1.165) is 12.2 Å². The molecule has 0 unspecified atom stereocenters. The largest absolute Gasteiger partial charge is 0.489 e. The first-order valence-corrected chi connectivity index (χ1v) is 7.09. The molecule has 1 aromatic carbocycles. The van der Waals surface area contributed by atoms with E-state index in [0.29, 0.717) is 5.56 Å². The Morgan fingerprint density at radius 1 is 1.24 bits per heavy atom. The Hall–Kier alpha value is -2.36. The molecule has 2 rings (SSSR count). The van der Waals surface area contributed by atoms with Crippen molar-refractivity contribution in [2.45, 2.75) is 32.8 Å². The van der Waals surface area contributed by atoms with Gasteiger partial charge in [-0.2, -0.15) is 0 Å². The highest BCUT2D eigenvalue weighted by Crippen LogP contribution is 2.16. The van der Waals surface area contributed by atoms with Gasteiger partial charge >= 0.3 is 5.97 Å². The van der Waals surface area contributed by atoms with Crippen molar-refractivity contribution in [3.05, 3.63) is 59.4 Å². The van der Waals surface area contributed by atoms with Crippen LogP contribution in [0.3, 0.4) is 0 Å². The van der Waals surface area contributed by atoms with Gasteiger partial charge in [-0.1, -0.05) is 31.5 Å². The Balaban J connectivity index is 1.98. The summed E-state index contributed by atoms with van der Waals surface area (Å²) in [5.41, 5.74) is 1.90. The van der Waals surface area contributed by atoms with Crippen LogP contribution in [-0.2, 0) is 13.0 Å². The lowest BCUT2D eigenvalue weighted by Gasteiger charge is -2.09. The molecule has 0 aliphatic rings. The van der Waals surface area contributed by atoms with Crippen molar-refractivity contribution >= 4 is 5.97 Å². The smallest absolute Gasteiger partial charge is 0.354 e. The number of hydrogen-bond acceptors (Lipinski definition) is 3. The Labute approximate surface area is 124 Å². The number of pyridine rings is 1. The maximum absolute atomic E-state index is 11.1. The minimum Gasteiger partial charge on any atom is -0.489 e. The summed E-state index contributed by atoms with van der Waals surface area (Å²) >= 11 is 0. The van der Waals surface area contributed by atoms with Crippen molar-refractivity contribution in [3.8, 4) is 5.75 Å². The van der Waals surface area contributed by atoms with Crippen molar-refractivity contribution in [3.63, 3.8) is 0 Å². The fraction of sp³-hybridized carbons (Fsp3) is 0.294. The highest BCUT2D eigenvalue weighted by atomic mass is 16.5. The Bertz CT molecular complexity index is 593. The van der Waals surface area contributed by atoms with Gasteiger partial charge in [0.25, 0.3) is 0 Å². The number of carbonyl (C=O) groups is 1. The zero-order valence-electron chi connectivity index (χ0n) is 12.1. The van der Waals surface area contributed by atoms with Gasteiger partial charge in [0.05, 0.1) is 0 Å². The average Bonchev–Trinajstić information content (AvgIpc) is 2.52. The molecule has 0 spiro atoms. The predicted octanol–water partition coefficient (Wildman–Crippen LogP) is 3.70. The van der Waals surface area contributed by atoms with Gasteiger partial charge in [0, 0.05) is 11.8 Å². The molecule has 0 saturated heterocycles. The number of aromatic carboxylic acids is 1. The minimum atomic E-state index is -1.04. The summed E-state index contributed by atoms with van der Waals surface area (Å²) in [5, 5.41) is 9.06. The van der Waals surface area contributed by atoms with E-state index in [-0.39, 0.29) is 12.3 Å². The molecule has 0 atom stereocenters. The lowest BCUT2D eigenvalue weighted by atomic mass is 10.1. The molecule has 0 amide bonds. The number of aromatic nitrogens is 1. The maximum atomic E-state index is 11.1. The van der Waals surface area contributed by atoms with E-state index in [9.17, 15) is 4.79 Å². The summed E-state index contributed by atoms with van der Waals surface area (Å²) < 4.78 is 5.64. The van der Waals surface area contributed by atoms with E-state index in [1.54, 1.807) is 12.1 Å². The van der Waals surface area contributed by atoms with Crippen molar-refractivity contribution in [2.24, 2.45) is 0 Å². The maximum Gasteiger partial charge on any atom is 0.354 e. The molecule has 0 aliphatic carbocycles. The molecule has 1 heterocycles. The van der Waals surface area contributed by atoms with Crippen LogP contribution in [0, 0.1) is 0 Å². The number of hydrogen-bond donors (Lipinski definition) is 1. The summed E-state index contributed by atoms with van der Waals surface area (Å²) in [6.45, 7) is 2.37. The number of unbranched alkanes of at least 4 members (excludes halogenated alkanes) is 1. The number of nitrogens with zero attached hydrogens (tertiary/aromatic N) is 1. The molecule has 1 N–H and O–H groups in total. The molecular weight excluding hydrogens is 266 g/mol. The molecule has 0 fully saturated rings. The van der Waals surface area contributed by atoms with E-state index in [2.05, 4.69) is 11.9 Å². The molecule has 0 radical (unpaired) electrons. The van der Waals surface area contributed by atoms with Crippen LogP contribution in [0.5, 0.6) is 5.75 Å². The van der Waals surface area contributed by atoms with Crippen LogP contribution >= 0.6 is 0 Å². The van der Waals surface area contributed by atoms with Crippen molar-refractivity contribution in [1.82, 2.24) is 4.98 Å². The summed E-state index contributed by atoms with van der Waals surface area (Å²) in [4.78, 5) is 14.9. The zero-order chi connectivity index (χ0) is 15.1. The first-order valence-electron chi connectivity index (χ1n) is 7.09. The molecule has 110 valence electrons. The van der Waals surface area contributed by atoms with Crippen LogP contribution < -0.4 is 4.74 Å². The number of carboxylic acids is 1. The van der Waals surface area contributed by atoms with E-state index in [1.165, 1.54) is 24.6 Å². The normalized spacial score (nSPS) is 10.3. The Morgan fingerprint density at radius 3 is 2.67 bits per heavy atom. The SMILES string of the molecule is CCCCc1ccc(OCc2cccnc2C(=O)O)cc1. The molecule has 0 aliphatic heterocycles. The lowest BCUT2D eigenvalue weighted by Crippen LogP contribution is -2.07. The zero-order valence-corrected chi connectivity index (χ0v) is 12.1. The second-order valence-corrected chi connectivity index (χ2v) is 4.85. The van der Waals surface area contributed by atoms with E-state index in [1.807, 2.05) is 24.3 Å². The standard InChI is InChI=1S/C17H19NO3/c1-2-3-5-13-7-9-15(10-8-13)21-12-14-6-4-11-18-16(14)17(19)20/h4,6-11H,2-3,5,12H2,1H3,(H,19,20). The highest BCUT2D eigenvalue weighted by Gasteiger charge is 2.11. The third-order valence-corrected chi connectivity index (χ3v) is 3.23. The molecular formula is C17H19NO3. The van der Waals surface area contributed by atoms with Crippen molar-refractivity contribution in [1.29, 1.82) is 0 Å². The number of ether oxygens (including phenoxy) is 1. The van der Waals surface area contributed by atoms with Crippen LogP contribution in [0.15, 0.2) is 42.6 Å². The second-order valence-electron chi connectivity index (χ2n) is 4.85. The lowest BCUT2D eigenvalue weighted by molar-refractivity contribution is 0.0687. The Kier molecular flexibility index (Phi) is 5.32. The summed E-state index contributed by atoms with van der Waals surface area (Å²) in [6, 6.07) is 11.4. The van der Waals surface area contributed by atoms with Crippen LogP contribution in [0.2, 0.25) is 0 Å². The van der Waals surface area contributed by atoms with Gasteiger partial charge < -0.3 is 9.84 Å². The van der Waals surface area contributed by atoms with Crippen LogP contribution in [0.4, 0.5) is 0 Å². The topological polar surface area (TPSA) is 59.4 Å². The first-order chi connectivity index (χ1) is 10.2. The Morgan fingerprint density at radius 2 is 2.00 bits per heavy atom. The summed E-state index contributed by atoms with van der Waals surface area (Å²) in [6.07, 6.45) is 4.90. The van der Waals surface area contributed by atoms with Gasteiger partial charge in [0.2, 0.25) is 0 Å². The first kappa shape index (κ1) is 15.0. The third kappa shape index (κ3) is 4.31. The number of rotatable bonds is 7. The molecule has 21 heavy (non-hydrogen) atoms. The van der Waals surface area contributed by atoms with E-state index >= 15 is 0 Å². The van der Waals surface area contributed by atoms with Gasteiger partial charge in [-0.25, -0.2) is 9.78 Å². The predicted molar refractivity (Wildman–Crippen MR) is 80.6 cm³/mol. The van der Waals surface area contributed by atoms with Gasteiger partial charge in [-0.3, -0.25) is 0 Å². The molecule has 1 aromatic heterocycles. The third-order valence-electron chi connectivity index (χ3n) is 3.23. The molecule has 4 heteroatoms. The van der Waals surface area contributed by atoms with Gasteiger partial charge in [-0.15, -0.1) is 0 Å². The van der Waals surface area contributed by atoms with Gasteiger partial charge in [0.1, 0.15) is 12.4 Å². The fourth-order valence-electron chi connectivity index (χ4n) is 2.04. The average molecular weight is 285 g/mol. The van der Waals surface area contributed by atoms with Crippen LogP contribution in [-0.4, -0.2) is 16.1 Å². The van der Waals surface area contributed by atoms with Crippen LogP contribution in [0.25, 0.3) is 0 Å². The fourth-order valence-corrected chi connectivity index (χ4v) is 2.04. The summed E-state index contributed by atoms with van der Waals surface area (Å²) in [7, 11) is 0. The molecule has 0 saturated carbocycles. The van der Waals surface area contributed by atoms with Crippen molar-refractivity contribution < 1.29 is 14.6 Å². The molecule has 4 nitrogen and oxygen atoms in total. The van der Waals surface area contributed by atoms with Crippen LogP contribution in [0.1, 0.15) is 41.4 Å². The second kappa shape index (κ2) is 7.43. The highest BCUT2D eigenvalue weighted by molar-refractivity contribution is 5.86. The van der Waals surface area contributed by atoms with Crippen molar-refractivity contribution in [2.75, 3.05) is 0 Å². The molecule has 2 aromatic rings. The quantitative estimate of drug-likeness (QED) is 0.842. The number of benzene rings is 1. The molecule has 0 bridgehead atoms.